The zero-order valence-electron chi connectivity index (χ0n) is 7.42. The highest BCUT2D eigenvalue weighted by Crippen LogP contribution is 2.36. The molecular weight excluding hydrogens is 206 g/mol. The smallest absolute Gasteiger partial charge is 0.265 e. The van der Waals surface area contributed by atoms with Crippen molar-refractivity contribution < 1.29 is 13.9 Å². The average Bonchev–Trinajstić information content (AvgIpc) is 2.48. The maximum absolute atomic E-state index is 12.5. The molecular formula is C10H8F2OS. The fraction of sp³-hybridized carbons (Fsp3) is 0.200. The third kappa shape index (κ3) is 1.35. The van der Waals surface area contributed by atoms with Crippen molar-refractivity contribution in [3.8, 4) is 5.75 Å². The summed E-state index contributed by atoms with van der Waals surface area (Å²) in [5.74, 6) is 0.153. The molecule has 1 aromatic carbocycles. The molecule has 2 rings (SSSR count). The summed E-state index contributed by atoms with van der Waals surface area (Å²) < 4.78 is 25.7. The molecule has 0 aliphatic carbocycles. The Balaban J connectivity index is 2.74. The number of hydrogen-bond donors (Lipinski definition) is 1. The number of phenols is 1. The van der Waals surface area contributed by atoms with Crippen LogP contribution in [0.1, 0.15) is 17.6 Å². The molecule has 0 aliphatic heterocycles. The molecule has 1 N–H and O–H groups in total. The molecule has 0 amide bonds. The van der Waals surface area contributed by atoms with Crippen molar-refractivity contribution in [2.45, 2.75) is 13.3 Å². The molecule has 0 unspecified atom stereocenters. The lowest BCUT2D eigenvalue weighted by Gasteiger charge is -2.00. The monoisotopic (exact) mass is 214 g/mol. The van der Waals surface area contributed by atoms with Crippen LogP contribution in [0.3, 0.4) is 0 Å². The Morgan fingerprint density at radius 3 is 2.71 bits per heavy atom. The predicted molar refractivity (Wildman–Crippen MR) is 53.2 cm³/mol. The topological polar surface area (TPSA) is 20.2 Å². The van der Waals surface area contributed by atoms with Gasteiger partial charge in [0.1, 0.15) is 5.75 Å². The maximum Gasteiger partial charge on any atom is 0.265 e. The number of aromatic hydroxyl groups is 1. The number of phenolic OH excluding ortho intramolecular Hbond substituents is 1. The van der Waals surface area contributed by atoms with Crippen molar-refractivity contribution >= 4 is 21.4 Å². The first-order chi connectivity index (χ1) is 6.59. The van der Waals surface area contributed by atoms with E-state index in [1.807, 2.05) is 0 Å². The largest absolute Gasteiger partial charge is 0.508 e. The Morgan fingerprint density at radius 1 is 1.36 bits per heavy atom. The molecule has 0 spiro atoms. The standard InChI is InChI=1S/C10H8F2OS/c1-5-2-6-7(10(11)12)4-14-9(6)3-8(5)13/h2-4,10,13H,1H3. The van der Waals surface area contributed by atoms with Crippen LogP contribution < -0.4 is 0 Å². The van der Waals surface area contributed by atoms with Gasteiger partial charge in [0.05, 0.1) is 0 Å². The fourth-order valence-electron chi connectivity index (χ4n) is 1.36. The van der Waals surface area contributed by atoms with Gasteiger partial charge in [0.2, 0.25) is 0 Å². The van der Waals surface area contributed by atoms with Gasteiger partial charge in [-0.2, -0.15) is 0 Å². The van der Waals surface area contributed by atoms with Crippen molar-refractivity contribution in [2.75, 3.05) is 0 Å². The second-order valence-corrected chi connectivity index (χ2v) is 4.04. The Morgan fingerprint density at radius 2 is 2.07 bits per heavy atom. The van der Waals surface area contributed by atoms with Gasteiger partial charge in [0.15, 0.2) is 0 Å². The molecule has 14 heavy (non-hydrogen) atoms. The highest BCUT2D eigenvalue weighted by Gasteiger charge is 2.14. The second-order valence-electron chi connectivity index (χ2n) is 3.13. The Hall–Kier alpha value is -1.16. The highest BCUT2D eigenvalue weighted by atomic mass is 32.1. The molecule has 0 aliphatic rings. The first-order valence-corrected chi connectivity index (χ1v) is 4.96. The molecule has 0 bridgehead atoms. The summed E-state index contributed by atoms with van der Waals surface area (Å²) in [6, 6.07) is 3.13. The van der Waals surface area contributed by atoms with Crippen LogP contribution >= 0.6 is 11.3 Å². The van der Waals surface area contributed by atoms with Crippen molar-refractivity contribution in [3.05, 3.63) is 28.6 Å². The van der Waals surface area contributed by atoms with E-state index in [0.717, 1.165) is 0 Å². The molecule has 2 aromatic rings. The molecule has 0 saturated carbocycles. The summed E-state index contributed by atoms with van der Waals surface area (Å²) >= 11 is 1.23. The first-order valence-electron chi connectivity index (χ1n) is 4.08. The molecule has 4 heteroatoms. The molecule has 0 radical (unpaired) electrons. The van der Waals surface area contributed by atoms with E-state index in [4.69, 9.17) is 0 Å². The Labute approximate surface area is 83.6 Å². The number of halogens is 2. The minimum Gasteiger partial charge on any atom is -0.508 e. The molecule has 1 aromatic heterocycles. The van der Waals surface area contributed by atoms with E-state index in [-0.39, 0.29) is 11.3 Å². The number of rotatable bonds is 1. The average molecular weight is 214 g/mol. The summed E-state index contributed by atoms with van der Waals surface area (Å²) in [4.78, 5) is 0. The van der Waals surface area contributed by atoms with Crippen LogP contribution in [0.2, 0.25) is 0 Å². The van der Waals surface area contributed by atoms with Gasteiger partial charge in [-0.3, -0.25) is 0 Å². The number of thiophene rings is 1. The summed E-state index contributed by atoms with van der Waals surface area (Å²) in [7, 11) is 0. The van der Waals surface area contributed by atoms with Crippen LogP contribution in [0.25, 0.3) is 10.1 Å². The van der Waals surface area contributed by atoms with Crippen LogP contribution in [0, 0.1) is 6.92 Å². The number of alkyl halides is 2. The van der Waals surface area contributed by atoms with Gasteiger partial charge < -0.3 is 5.11 Å². The van der Waals surface area contributed by atoms with Crippen molar-refractivity contribution in [3.63, 3.8) is 0 Å². The minimum atomic E-state index is -2.45. The van der Waals surface area contributed by atoms with E-state index < -0.39 is 6.43 Å². The van der Waals surface area contributed by atoms with Crippen molar-refractivity contribution in [1.82, 2.24) is 0 Å². The number of fused-ring (bicyclic) bond motifs is 1. The molecule has 0 atom stereocenters. The van der Waals surface area contributed by atoms with Crippen molar-refractivity contribution in [2.24, 2.45) is 0 Å². The van der Waals surface area contributed by atoms with E-state index >= 15 is 0 Å². The van der Waals surface area contributed by atoms with Gasteiger partial charge in [-0.1, -0.05) is 0 Å². The lowest BCUT2D eigenvalue weighted by atomic mass is 10.1. The molecule has 1 nitrogen and oxygen atoms in total. The highest BCUT2D eigenvalue weighted by molar-refractivity contribution is 7.17. The van der Waals surface area contributed by atoms with Crippen molar-refractivity contribution in [1.29, 1.82) is 0 Å². The summed E-state index contributed by atoms with van der Waals surface area (Å²) in [6.45, 7) is 1.70. The third-order valence-corrected chi connectivity index (χ3v) is 3.12. The molecule has 74 valence electrons. The van der Waals surface area contributed by atoms with Crippen LogP contribution in [0.15, 0.2) is 17.5 Å². The van der Waals surface area contributed by atoms with Crippen LogP contribution in [0.5, 0.6) is 5.75 Å². The first kappa shape index (κ1) is 9.40. The Bertz CT molecular complexity index is 476. The fourth-order valence-corrected chi connectivity index (χ4v) is 2.33. The van der Waals surface area contributed by atoms with Gasteiger partial charge in [-0.25, -0.2) is 8.78 Å². The van der Waals surface area contributed by atoms with E-state index in [2.05, 4.69) is 0 Å². The van der Waals surface area contributed by atoms with E-state index in [1.54, 1.807) is 13.0 Å². The summed E-state index contributed by atoms with van der Waals surface area (Å²) in [5, 5.41) is 11.4. The van der Waals surface area contributed by atoms with Gasteiger partial charge in [-0.05, 0) is 24.6 Å². The molecule has 0 fully saturated rings. The maximum atomic E-state index is 12.5. The van der Waals surface area contributed by atoms with E-state index in [1.165, 1.54) is 22.8 Å². The van der Waals surface area contributed by atoms with Gasteiger partial charge >= 0.3 is 0 Å². The zero-order chi connectivity index (χ0) is 10.3. The van der Waals surface area contributed by atoms with Crippen LogP contribution in [-0.2, 0) is 0 Å². The quantitative estimate of drug-likeness (QED) is 0.764. The SMILES string of the molecule is Cc1cc2c(C(F)F)csc2cc1O. The summed E-state index contributed by atoms with van der Waals surface area (Å²) in [6.07, 6.45) is -2.45. The minimum absolute atomic E-state index is 0.0492. The zero-order valence-corrected chi connectivity index (χ0v) is 8.24. The number of benzene rings is 1. The Kier molecular flexibility index (Phi) is 2.15. The molecule has 1 heterocycles. The third-order valence-electron chi connectivity index (χ3n) is 2.16. The van der Waals surface area contributed by atoms with E-state index in [0.29, 0.717) is 15.6 Å². The lowest BCUT2D eigenvalue weighted by molar-refractivity contribution is 0.153. The van der Waals surface area contributed by atoms with Gasteiger partial charge in [-0.15, -0.1) is 11.3 Å². The predicted octanol–water partition coefficient (Wildman–Crippen LogP) is 3.85. The number of hydrogen-bond acceptors (Lipinski definition) is 2. The lowest BCUT2D eigenvalue weighted by Crippen LogP contribution is -1.81. The van der Waals surface area contributed by atoms with Crippen LogP contribution in [-0.4, -0.2) is 5.11 Å². The van der Waals surface area contributed by atoms with E-state index in [9.17, 15) is 13.9 Å². The second kappa shape index (κ2) is 3.20. The summed E-state index contributed by atoms with van der Waals surface area (Å²) in [5.41, 5.74) is 0.672. The van der Waals surface area contributed by atoms with Crippen LogP contribution in [0.4, 0.5) is 8.78 Å². The normalized spacial score (nSPS) is 11.4. The number of aryl methyl sites for hydroxylation is 1. The van der Waals surface area contributed by atoms with Gasteiger partial charge in [0.25, 0.3) is 6.43 Å². The molecule has 0 saturated heterocycles. The van der Waals surface area contributed by atoms with Gasteiger partial charge in [0, 0.05) is 21.0 Å².